The number of hydrogen-bond acceptors (Lipinski definition) is 4. The van der Waals surface area contributed by atoms with E-state index in [0.717, 1.165) is 5.56 Å². The Labute approximate surface area is 131 Å². The van der Waals surface area contributed by atoms with Gasteiger partial charge in [-0.25, -0.2) is 5.43 Å². The number of furan rings is 2. The summed E-state index contributed by atoms with van der Waals surface area (Å²) in [6.45, 7) is 0. The van der Waals surface area contributed by atoms with E-state index in [1.165, 1.54) is 12.5 Å². The number of amides is 1. The van der Waals surface area contributed by atoms with Crippen molar-refractivity contribution in [2.45, 2.75) is 0 Å². The molecule has 0 atom stereocenters. The summed E-state index contributed by atoms with van der Waals surface area (Å²) < 4.78 is 10.6. The molecule has 6 heteroatoms. The summed E-state index contributed by atoms with van der Waals surface area (Å²) in [6, 6.07) is 14.1. The number of nitrogens with zero attached hydrogens (tertiary/aromatic N) is 1. The Morgan fingerprint density at radius 1 is 1.18 bits per heavy atom. The standard InChI is InChI=1S/C16H11ClN2O3/c17-12-4-1-3-11(9-12)14-7-6-13(22-14)10-18-19-16(20)15-5-2-8-21-15/h1-10H,(H,19,20)/b18-10+. The van der Waals surface area contributed by atoms with Gasteiger partial charge in [-0.05, 0) is 36.4 Å². The normalized spacial score (nSPS) is 11.0. The molecule has 0 radical (unpaired) electrons. The molecule has 3 rings (SSSR count). The second-order valence-corrected chi connectivity index (χ2v) is 4.83. The van der Waals surface area contributed by atoms with Gasteiger partial charge in [-0.15, -0.1) is 0 Å². The van der Waals surface area contributed by atoms with Crippen LogP contribution in [0.2, 0.25) is 5.02 Å². The number of halogens is 1. The molecular weight excluding hydrogens is 304 g/mol. The number of hydrazone groups is 1. The second kappa shape index (κ2) is 6.32. The van der Waals surface area contributed by atoms with Gasteiger partial charge in [0, 0.05) is 10.6 Å². The number of nitrogens with one attached hydrogen (secondary N) is 1. The number of benzene rings is 1. The fourth-order valence-electron chi connectivity index (χ4n) is 1.84. The zero-order valence-corrected chi connectivity index (χ0v) is 12.1. The summed E-state index contributed by atoms with van der Waals surface area (Å²) in [5.74, 6) is 0.940. The fourth-order valence-corrected chi connectivity index (χ4v) is 2.03. The molecule has 1 N–H and O–H groups in total. The lowest BCUT2D eigenvalue weighted by atomic mass is 10.2. The molecule has 0 saturated carbocycles. The van der Waals surface area contributed by atoms with E-state index in [4.69, 9.17) is 20.4 Å². The number of hydrogen-bond donors (Lipinski definition) is 1. The predicted octanol–water partition coefficient (Wildman–Crippen LogP) is 3.96. The maximum atomic E-state index is 11.6. The van der Waals surface area contributed by atoms with Crippen LogP contribution in [0.25, 0.3) is 11.3 Å². The Bertz CT molecular complexity index is 806. The van der Waals surface area contributed by atoms with Crippen molar-refractivity contribution in [2.24, 2.45) is 5.10 Å². The van der Waals surface area contributed by atoms with Gasteiger partial charge in [0.2, 0.25) is 0 Å². The Morgan fingerprint density at radius 2 is 2.09 bits per heavy atom. The molecule has 0 unspecified atom stereocenters. The molecular formula is C16H11ClN2O3. The third kappa shape index (κ3) is 3.27. The van der Waals surface area contributed by atoms with Gasteiger partial charge >= 0.3 is 5.91 Å². The lowest BCUT2D eigenvalue weighted by molar-refractivity contribution is 0.0927. The van der Waals surface area contributed by atoms with Gasteiger partial charge in [-0.2, -0.15) is 5.10 Å². The van der Waals surface area contributed by atoms with E-state index in [0.29, 0.717) is 16.5 Å². The van der Waals surface area contributed by atoms with Crippen LogP contribution in [0.1, 0.15) is 16.3 Å². The van der Waals surface area contributed by atoms with Crippen LogP contribution in [0.15, 0.2) is 68.7 Å². The van der Waals surface area contributed by atoms with Crippen molar-refractivity contribution >= 4 is 23.7 Å². The minimum atomic E-state index is -0.428. The number of carbonyl (C=O) groups is 1. The molecule has 1 aromatic carbocycles. The lowest BCUT2D eigenvalue weighted by Gasteiger charge is -1.97. The molecule has 0 bridgehead atoms. The van der Waals surface area contributed by atoms with Crippen molar-refractivity contribution in [3.63, 3.8) is 0 Å². The van der Waals surface area contributed by atoms with Gasteiger partial charge in [-0.3, -0.25) is 4.79 Å². The first-order chi connectivity index (χ1) is 10.7. The first kappa shape index (κ1) is 14.2. The van der Waals surface area contributed by atoms with Gasteiger partial charge < -0.3 is 8.83 Å². The van der Waals surface area contributed by atoms with Crippen LogP contribution in [0, 0.1) is 0 Å². The van der Waals surface area contributed by atoms with Gasteiger partial charge in [0.15, 0.2) is 5.76 Å². The van der Waals surface area contributed by atoms with E-state index in [1.807, 2.05) is 12.1 Å². The second-order valence-electron chi connectivity index (χ2n) is 4.39. The van der Waals surface area contributed by atoms with Crippen molar-refractivity contribution in [1.82, 2.24) is 5.43 Å². The van der Waals surface area contributed by atoms with Crippen LogP contribution >= 0.6 is 11.6 Å². The minimum absolute atomic E-state index is 0.191. The molecule has 3 aromatic rings. The quantitative estimate of drug-likeness (QED) is 0.585. The van der Waals surface area contributed by atoms with Crippen LogP contribution in [0.3, 0.4) is 0 Å². The minimum Gasteiger partial charge on any atom is -0.459 e. The molecule has 0 aliphatic rings. The SMILES string of the molecule is O=C(N/N=C/c1ccc(-c2cccc(Cl)c2)o1)c1ccco1. The summed E-state index contributed by atoms with van der Waals surface area (Å²) in [6.07, 6.45) is 2.83. The van der Waals surface area contributed by atoms with Crippen molar-refractivity contribution < 1.29 is 13.6 Å². The molecule has 0 saturated heterocycles. The van der Waals surface area contributed by atoms with Gasteiger partial charge in [0.25, 0.3) is 0 Å². The first-order valence-electron chi connectivity index (χ1n) is 6.45. The van der Waals surface area contributed by atoms with Gasteiger partial charge in [0.1, 0.15) is 11.5 Å². The average molecular weight is 315 g/mol. The number of rotatable bonds is 4. The Hall–Kier alpha value is -2.79. The summed E-state index contributed by atoms with van der Waals surface area (Å²) in [7, 11) is 0. The van der Waals surface area contributed by atoms with E-state index in [9.17, 15) is 4.79 Å². The van der Waals surface area contributed by atoms with E-state index < -0.39 is 5.91 Å². The van der Waals surface area contributed by atoms with Crippen molar-refractivity contribution in [3.8, 4) is 11.3 Å². The lowest BCUT2D eigenvalue weighted by Crippen LogP contribution is -2.16. The monoisotopic (exact) mass is 314 g/mol. The van der Waals surface area contributed by atoms with E-state index in [1.54, 1.807) is 36.4 Å². The smallest absolute Gasteiger partial charge is 0.307 e. The third-order valence-corrected chi connectivity index (χ3v) is 3.07. The molecule has 0 aliphatic heterocycles. The highest BCUT2D eigenvalue weighted by atomic mass is 35.5. The van der Waals surface area contributed by atoms with E-state index in [-0.39, 0.29) is 5.76 Å². The highest BCUT2D eigenvalue weighted by Crippen LogP contribution is 2.24. The molecule has 5 nitrogen and oxygen atoms in total. The highest BCUT2D eigenvalue weighted by Gasteiger charge is 2.07. The van der Waals surface area contributed by atoms with Crippen molar-refractivity contribution in [2.75, 3.05) is 0 Å². The largest absolute Gasteiger partial charge is 0.459 e. The van der Waals surface area contributed by atoms with Crippen LogP contribution < -0.4 is 5.43 Å². The molecule has 0 fully saturated rings. The predicted molar refractivity (Wildman–Crippen MR) is 82.9 cm³/mol. The van der Waals surface area contributed by atoms with Crippen LogP contribution in [0.4, 0.5) is 0 Å². The topological polar surface area (TPSA) is 67.7 Å². The third-order valence-electron chi connectivity index (χ3n) is 2.84. The van der Waals surface area contributed by atoms with E-state index in [2.05, 4.69) is 10.5 Å². The van der Waals surface area contributed by atoms with Crippen molar-refractivity contribution in [1.29, 1.82) is 0 Å². The Morgan fingerprint density at radius 3 is 2.86 bits per heavy atom. The van der Waals surface area contributed by atoms with Crippen LogP contribution in [-0.4, -0.2) is 12.1 Å². The first-order valence-corrected chi connectivity index (χ1v) is 6.83. The molecule has 2 aromatic heterocycles. The number of carbonyl (C=O) groups excluding carboxylic acids is 1. The zero-order valence-electron chi connectivity index (χ0n) is 11.3. The van der Waals surface area contributed by atoms with Crippen molar-refractivity contribution in [3.05, 3.63) is 71.3 Å². The van der Waals surface area contributed by atoms with Crippen LogP contribution in [0.5, 0.6) is 0 Å². The van der Waals surface area contributed by atoms with Crippen LogP contribution in [-0.2, 0) is 0 Å². The molecule has 0 aliphatic carbocycles. The maximum Gasteiger partial charge on any atom is 0.307 e. The maximum absolute atomic E-state index is 11.6. The Kier molecular flexibility index (Phi) is 4.07. The molecule has 110 valence electrons. The Balaban J connectivity index is 1.67. The molecule has 1 amide bonds. The fraction of sp³-hybridized carbons (Fsp3) is 0. The average Bonchev–Trinajstić information content (AvgIpc) is 3.19. The van der Waals surface area contributed by atoms with Gasteiger partial charge in [-0.1, -0.05) is 23.7 Å². The van der Waals surface area contributed by atoms with Gasteiger partial charge in [0.05, 0.1) is 12.5 Å². The summed E-state index contributed by atoms with van der Waals surface area (Å²) >= 11 is 5.94. The van der Waals surface area contributed by atoms with E-state index >= 15 is 0 Å². The summed E-state index contributed by atoms with van der Waals surface area (Å²) in [5.41, 5.74) is 3.21. The molecule has 0 spiro atoms. The molecule has 22 heavy (non-hydrogen) atoms. The summed E-state index contributed by atoms with van der Waals surface area (Å²) in [4.78, 5) is 11.6. The summed E-state index contributed by atoms with van der Waals surface area (Å²) in [5, 5.41) is 4.45. The highest BCUT2D eigenvalue weighted by molar-refractivity contribution is 6.30. The molecule has 2 heterocycles. The zero-order chi connectivity index (χ0) is 15.4.